The zero-order chi connectivity index (χ0) is 17.0. The summed E-state index contributed by atoms with van der Waals surface area (Å²) in [4.78, 5) is 22.7. The Morgan fingerprint density at radius 2 is 2.04 bits per heavy atom. The van der Waals surface area contributed by atoms with Gasteiger partial charge in [-0.2, -0.15) is 0 Å². The molecule has 0 aliphatic carbocycles. The fourth-order valence-corrected chi connectivity index (χ4v) is 3.54. The molecule has 0 spiro atoms. The summed E-state index contributed by atoms with van der Waals surface area (Å²) in [6, 6.07) is 1.73. The van der Waals surface area contributed by atoms with E-state index < -0.39 is 17.5 Å². The van der Waals surface area contributed by atoms with Gasteiger partial charge in [0.15, 0.2) is 10.2 Å². The van der Waals surface area contributed by atoms with E-state index in [0.29, 0.717) is 15.5 Å². The van der Waals surface area contributed by atoms with E-state index in [1.54, 1.807) is 0 Å². The van der Waals surface area contributed by atoms with Crippen LogP contribution in [0, 0.1) is 11.6 Å². The summed E-state index contributed by atoms with van der Waals surface area (Å²) in [7, 11) is 0. The first-order chi connectivity index (χ1) is 10.8. The maximum absolute atomic E-state index is 13.6. The minimum atomic E-state index is -0.876. The van der Waals surface area contributed by atoms with Crippen molar-refractivity contribution in [3.05, 3.63) is 28.2 Å². The van der Waals surface area contributed by atoms with Gasteiger partial charge in [-0.3, -0.25) is 9.59 Å². The molecule has 1 aromatic carbocycles. The van der Waals surface area contributed by atoms with Gasteiger partial charge in [0.05, 0.1) is 11.4 Å². The molecule has 0 atom stereocenters. The molecule has 1 heterocycles. The first-order valence-corrected chi connectivity index (χ1v) is 8.63. The number of rotatable bonds is 5. The minimum absolute atomic E-state index is 0.0437. The first-order valence-electron chi connectivity index (χ1n) is 6.03. The molecule has 0 saturated carbocycles. The van der Waals surface area contributed by atoms with Gasteiger partial charge in [-0.05, 0) is 22.0 Å². The highest BCUT2D eigenvalue weighted by Gasteiger charge is 2.14. The van der Waals surface area contributed by atoms with Crippen molar-refractivity contribution in [2.24, 2.45) is 0 Å². The minimum Gasteiger partial charge on any atom is -0.322 e. The lowest BCUT2D eigenvalue weighted by molar-refractivity contribution is -0.114. The van der Waals surface area contributed by atoms with Crippen molar-refractivity contribution in [3.8, 4) is 0 Å². The van der Waals surface area contributed by atoms with Crippen LogP contribution in [0.15, 0.2) is 20.9 Å². The van der Waals surface area contributed by atoms with Gasteiger partial charge < -0.3 is 10.6 Å². The standard InChI is InChI=1S/C12H9BrF2N4O2S2/c1-5(20)16-11-18-19-12(23-11)22-4-9(21)17-10-7(13)2-6(14)3-8(10)15/h2-3H,4H2,1H3,(H,17,21)(H,16,18,20). The summed E-state index contributed by atoms with van der Waals surface area (Å²) in [5.74, 6) is -2.43. The third-order valence-corrected chi connectivity index (χ3v) is 4.88. The number of amides is 2. The van der Waals surface area contributed by atoms with Crippen molar-refractivity contribution < 1.29 is 18.4 Å². The Balaban J connectivity index is 1.93. The molecule has 0 bridgehead atoms. The number of hydrogen-bond donors (Lipinski definition) is 2. The lowest BCUT2D eigenvalue weighted by Gasteiger charge is -2.08. The molecule has 2 rings (SSSR count). The third-order valence-electron chi connectivity index (χ3n) is 2.29. The molecule has 0 saturated heterocycles. The summed E-state index contributed by atoms with van der Waals surface area (Å²) in [5.41, 5.74) is -0.131. The average molecular weight is 423 g/mol. The third kappa shape index (κ3) is 5.22. The van der Waals surface area contributed by atoms with Crippen molar-refractivity contribution in [2.45, 2.75) is 11.3 Å². The van der Waals surface area contributed by atoms with Gasteiger partial charge in [0.2, 0.25) is 16.9 Å². The van der Waals surface area contributed by atoms with Gasteiger partial charge in [0.1, 0.15) is 5.82 Å². The molecule has 0 unspecified atom stereocenters. The smallest absolute Gasteiger partial charge is 0.234 e. The second-order valence-electron chi connectivity index (χ2n) is 4.14. The molecule has 11 heteroatoms. The van der Waals surface area contributed by atoms with Gasteiger partial charge >= 0.3 is 0 Å². The van der Waals surface area contributed by atoms with Crippen LogP contribution in [0.4, 0.5) is 19.6 Å². The van der Waals surface area contributed by atoms with Crippen molar-refractivity contribution >= 4 is 61.7 Å². The van der Waals surface area contributed by atoms with Gasteiger partial charge in [-0.15, -0.1) is 10.2 Å². The van der Waals surface area contributed by atoms with Crippen LogP contribution < -0.4 is 10.6 Å². The molecule has 2 N–H and O–H groups in total. The largest absolute Gasteiger partial charge is 0.322 e. The molecule has 122 valence electrons. The second-order valence-corrected chi connectivity index (χ2v) is 7.19. The number of carbonyl (C=O) groups excluding carboxylic acids is 2. The van der Waals surface area contributed by atoms with Crippen molar-refractivity contribution in [3.63, 3.8) is 0 Å². The Labute approximate surface area is 146 Å². The molecule has 23 heavy (non-hydrogen) atoms. The summed E-state index contributed by atoms with van der Waals surface area (Å²) < 4.78 is 27.2. The fourth-order valence-electron chi connectivity index (χ4n) is 1.43. The molecule has 0 radical (unpaired) electrons. The maximum atomic E-state index is 13.6. The Morgan fingerprint density at radius 3 is 2.70 bits per heavy atom. The number of nitrogens with zero attached hydrogens (tertiary/aromatic N) is 2. The molecule has 0 aliphatic rings. The second kappa shape index (κ2) is 7.79. The summed E-state index contributed by atoms with van der Waals surface area (Å²) >= 11 is 5.18. The predicted octanol–water partition coefficient (Wildman–Crippen LogP) is 3.27. The van der Waals surface area contributed by atoms with Crippen molar-refractivity contribution in [2.75, 3.05) is 16.4 Å². The number of aromatic nitrogens is 2. The van der Waals surface area contributed by atoms with Crippen molar-refractivity contribution in [1.29, 1.82) is 0 Å². The highest BCUT2D eigenvalue weighted by Crippen LogP contribution is 2.28. The van der Waals surface area contributed by atoms with Gasteiger partial charge in [-0.25, -0.2) is 8.78 Å². The van der Waals surface area contributed by atoms with Crippen molar-refractivity contribution in [1.82, 2.24) is 10.2 Å². The highest BCUT2D eigenvalue weighted by molar-refractivity contribution is 9.10. The molecular weight excluding hydrogens is 414 g/mol. The number of anilines is 2. The lowest BCUT2D eigenvalue weighted by Crippen LogP contribution is -2.15. The number of thioether (sulfide) groups is 1. The molecular formula is C12H9BrF2N4O2S2. The topological polar surface area (TPSA) is 84.0 Å². The molecule has 0 fully saturated rings. The van der Waals surface area contributed by atoms with Crippen LogP contribution in [0.5, 0.6) is 0 Å². The average Bonchev–Trinajstić information content (AvgIpc) is 2.87. The Kier molecular flexibility index (Phi) is 6.02. The molecule has 6 nitrogen and oxygen atoms in total. The Morgan fingerprint density at radius 1 is 1.30 bits per heavy atom. The van der Waals surface area contributed by atoms with E-state index in [9.17, 15) is 18.4 Å². The van der Waals surface area contributed by atoms with E-state index >= 15 is 0 Å². The molecule has 2 aromatic rings. The Bertz CT molecular complexity index is 733. The van der Waals surface area contributed by atoms with Gasteiger partial charge in [0.25, 0.3) is 0 Å². The lowest BCUT2D eigenvalue weighted by atomic mass is 10.3. The number of hydrogen-bond acceptors (Lipinski definition) is 6. The van der Waals surface area contributed by atoms with E-state index in [2.05, 4.69) is 36.8 Å². The molecule has 1 aromatic heterocycles. The number of carbonyl (C=O) groups is 2. The summed E-state index contributed by atoms with van der Waals surface area (Å²) in [5, 5.41) is 12.7. The quantitative estimate of drug-likeness (QED) is 0.570. The van der Waals surface area contributed by atoms with Crippen LogP contribution >= 0.6 is 39.0 Å². The Hall–Kier alpha value is -1.59. The van der Waals surface area contributed by atoms with E-state index in [1.165, 1.54) is 6.92 Å². The van der Waals surface area contributed by atoms with Crippen LogP contribution in [-0.2, 0) is 9.59 Å². The number of nitrogens with one attached hydrogen (secondary N) is 2. The highest BCUT2D eigenvalue weighted by atomic mass is 79.9. The first kappa shape index (κ1) is 17.8. The van der Waals surface area contributed by atoms with E-state index in [-0.39, 0.29) is 21.8 Å². The number of benzene rings is 1. The molecule has 0 aliphatic heterocycles. The monoisotopic (exact) mass is 422 g/mol. The van der Waals surface area contributed by atoms with Gasteiger partial charge in [0, 0.05) is 17.5 Å². The van der Waals surface area contributed by atoms with Crippen LogP contribution in [-0.4, -0.2) is 27.8 Å². The summed E-state index contributed by atoms with van der Waals surface area (Å²) in [6.07, 6.45) is 0. The summed E-state index contributed by atoms with van der Waals surface area (Å²) in [6.45, 7) is 1.34. The SMILES string of the molecule is CC(=O)Nc1nnc(SCC(=O)Nc2c(F)cc(F)cc2Br)s1. The zero-order valence-corrected chi connectivity index (χ0v) is 14.7. The maximum Gasteiger partial charge on any atom is 0.234 e. The van der Waals surface area contributed by atoms with E-state index in [0.717, 1.165) is 29.2 Å². The van der Waals surface area contributed by atoms with Crippen LogP contribution in [0.1, 0.15) is 6.92 Å². The van der Waals surface area contributed by atoms with E-state index in [4.69, 9.17) is 0 Å². The molecule has 2 amide bonds. The number of halogens is 3. The normalized spacial score (nSPS) is 10.4. The van der Waals surface area contributed by atoms with Crippen LogP contribution in [0.2, 0.25) is 0 Å². The van der Waals surface area contributed by atoms with Gasteiger partial charge in [-0.1, -0.05) is 23.1 Å². The van der Waals surface area contributed by atoms with Crippen LogP contribution in [0.25, 0.3) is 0 Å². The van der Waals surface area contributed by atoms with E-state index in [1.807, 2.05) is 0 Å². The fraction of sp³-hybridized carbons (Fsp3) is 0.167. The predicted molar refractivity (Wildman–Crippen MR) is 87.6 cm³/mol. The van der Waals surface area contributed by atoms with Crippen LogP contribution in [0.3, 0.4) is 0 Å². The zero-order valence-electron chi connectivity index (χ0n) is 11.5.